The fourth-order valence-corrected chi connectivity index (χ4v) is 8.41. The van der Waals surface area contributed by atoms with Crippen molar-refractivity contribution in [1.82, 2.24) is 0 Å². The maximum atomic E-state index is 13.7. The lowest BCUT2D eigenvalue weighted by molar-refractivity contribution is -0.185. The maximum Gasteiger partial charge on any atom is 0.405 e. The van der Waals surface area contributed by atoms with Crippen molar-refractivity contribution in [2.75, 3.05) is 0 Å². The second kappa shape index (κ2) is 9.88. The van der Waals surface area contributed by atoms with Crippen molar-refractivity contribution in [3.63, 3.8) is 0 Å². The van der Waals surface area contributed by atoms with Gasteiger partial charge in [0, 0.05) is 11.8 Å². The van der Waals surface area contributed by atoms with E-state index < -0.39 is 93.8 Å². The molecule has 5 fully saturated rings. The van der Waals surface area contributed by atoms with Crippen LogP contribution in [0, 0.1) is 41.4 Å². The Morgan fingerprint density at radius 3 is 2.35 bits per heavy atom. The van der Waals surface area contributed by atoms with Gasteiger partial charge in [-0.2, -0.15) is 17.2 Å². The summed E-state index contributed by atoms with van der Waals surface area (Å²) in [5, 5.41) is -4.73. The Bertz CT molecular complexity index is 1200. The third kappa shape index (κ3) is 4.58. The fraction of sp³-hybridized carbons (Fsp3) is 0.846. The van der Waals surface area contributed by atoms with Gasteiger partial charge in [-0.15, -0.1) is 0 Å². The fourth-order valence-electron chi connectivity index (χ4n) is 7.95. The number of carbonyl (C=O) groups is 4. The Hall–Kier alpha value is -2.35. The molecule has 10 unspecified atom stereocenters. The summed E-state index contributed by atoms with van der Waals surface area (Å²) >= 11 is 0. The molecule has 0 spiro atoms. The highest BCUT2D eigenvalue weighted by Crippen LogP contribution is 2.61. The summed E-state index contributed by atoms with van der Waals surface area (Å²) in [4.78, 5) is 50.9. The Morgan fingerprint density at radius 1 is 1.10 bits per heavy atom. The number of hydrogen-bond acceptors (Lipinski definition) is 10. The molecule has 10 atom stereocenters. The molecule has 0 radical (unpaired) electrons. The lowest BCUT2D eigenvalue weighted by Crippen LogP contribution is -2.50. The summed E-state index contributed by atoms with van der Waals surface area (Å²) in [5.74, 6) is -4.62. The molecule has 5 aliphatic rings. The minimum atomic E-state index is -5.82. The van der Waals surface area contributed by atoms with Gasteiger partial charge in [0.15, 0.2) is 6.10 Å². The second-order valence-electron chi connectivity index (χ2n) is 12.3. The minimum absolute atomic E-state index is 0.0992. The van der Waals surface area contributed by atoms with Crippen LogP contribution >= 0.6 is 0 Å². The van der Waals surface area contributed by atoms with Gasteiger partial charge in [-0.1, -0.05) is 13.8 Å². The first kappa shape index (κ1) is 29.2. The Kier molecular flexibility index (Phi) is 7.20. The van der Waals surface area contributed by atoms with Gasteiger partial charge < -0.3 is 18.9 Å². The van der Waals surface area contributed by atoms with E-state index in [0.29, 0.717) is 19.3 Å². The van der Waals surface area contributed by atoms with E-state index in [-0.39, 0.29) is 17.8 Å². The zero-order valence-corrected chi connectivity index (χ0v) is 23.2. The number of fused-ring (bicyclic) bond motifs is 3. The van der Waals surface area contributed by atoms with Crippen LogP contribution in [0.3, 0.4) is 0 Å². The van der Waals surface area contributed by atoms with Crippen molar-refractivity contribution in [3.05, 3.63) is 0 Å². The van der Waals surface area contributed by atoms with E-state index in [2.05, 4.69) is 4.74 Å². The van der Waals surface area contributed by atoms with Gasteiger partial charge in [-0.25, -0.2) is 0 Å². The summed E-state index contributed by atoms with van der Waals surface area (Å²) in [6.45, 7) is 4.66. The van der Waals surface area contributed by atoms with Crippen LogP contribution in [0.2, 0.25) is 0 Å². The Morgan fingerprint density at radius 2 is 1.77 bits per heavy atom. The van der Waals surface area contributed by atoms with E-state index in [1.807, 2.05) is 13.8 Å². The van der Waals surface area contributed by atoms with Gasteiger partial charge >= 0.3 is 39.2 Å². The zero-order chi connectivity index (χ0) is 29.4. The number of carbonyl (C=O) groups excluding carboxylic acids is 4. The third-order valence-electron chi connectivity index (χ3n) is 9.85. The highest BCUT2D eigenvalue weighted by Gasteiger charge is 2.71. The van der Waals surface area contributed by atoms with Crippen LogP contribution in [0.1, 0.15) is 65.7 Å². The molecule has 0 aromatic carbocycles. The van der Waals surface area contributed by atoms with Gasteiger partial charge in [0.2, 0.25) is 0 Å². The highest BCUT2D eigenvalue weighted by molar-refractivity contribution is 7.86. The number of hydrogen-bond donors (Lipinski definition) is 1. The summed E-state index contributed by atoms with van der Waals surface area (Å²) in [7, 11) is -5.82. The lowest BCUT2D eigenvalue weighted by atomic mass is 9.75. The first-order valence-electron chi connectivity index (χ1n) is 13.7. The molecule has 4 aliphatic carbocycles. The second-order valence-corrected chi connectivity index (χ2v) is 13.7. The average Bonchev–Trinajstić information content (AvgIpc) is 3.64. The van der Waals surface area contributed by atoms with E-state index >= 15 is 0 Å². The number of halogens is 2. The Labute approximate surface area is 230 Å². The molecule has 1 heterocycles. The van der Waals surface area contributed by atoms with Gasteiger partial charge in [0.25, 0.3) is 0 Å². The smallest absolute Gasteiger partial charge is 0.405 e. The van der Waals surface area contributed by atoms with Crippen LogP contribution in [0.5, 0.6) is 0 Å². The summed E-state index contributed by atoms with van der Waals surface area (Å²) < 4.78 is 79.2. The molecular weight excluding hydrogens is 558 g/mol. The van der Waals surface area contributed by atoms with Gasteiger partial charge in [0.05, 0.1) is 24.7 Å². The molecule has 1 N–H and O–H groups in total. The van der Waals surface area contributed by atoms with Crippen LogP contribution in [-0.2, 0) is 48.2 Å². The molecule has 5 rings (SSSR count). The van der Waals surface area contributed by atoms with Crippen molar-refractivity contribution in [1.29, 1.82) is 0 Å². The molecule has 4 saturated carbocycles. The van der Waals surface area contributed by atoms with Crippen molar-refractivity contribution >= 4 is 34.0 Å². The normalized spacial score (nSPS) is 38.4. The van der Waals surface area contributed by atoms with Gasteiger partial charge in [0.1, 0.15) is 17.8 Å². The van der Waals surface area contributed by atoms with Crippen LogP contribution in [-0.4, -0.2) is 66.0 Å². The van der Waals surface area contributed by atoms with Crippen molar-refractivity contribution in [2.45, 2.75) is 94.9 Å². The van der Waals surface area contributed by atoms with E-state index in [1.54, 1.807) is 0 Å². The molecule has 1 aliphatic heterocycles. The van der Waals surface area contributed by atoms with Crippen molar-refractivity contribution in [3.8, 4) is 0 Å². The molecule has 4 bridgehead atoms. The maximum absolute atomic E-state index is 13.7. The monoisotopic (exact) mass is 592 g/mol. The predicted octanol–water partition coefficient (Wildman–Crippen LogP) is 2.66. The first-order valence-corrected chi connectivity index (χ1v) is 15.2. The average molecular weight is 593 g/mol. The van der Waals surface area contributed by atoms with Gasteiger partial charge in [-0.3, -0.25) is 23.7 Å². The lowest BCUT2D eigenvalue weighted by Gasteiger charge is -2.42. The largest absolute Gasteiger partial charge is 0.458 e. The Balaban J connectivity index is 1.21. The number of esters is 4. The molecule has 14 heteroatoms. The van der Waals surface area contributed by atoms with Crippen LogP contribution in [0.25, 0.3) is 0 Å². The number of alkyl halides is 2. The number of rotatable bonds is 10. The van der Waals surface area contributed by atoms with Gasteiger partial charge in [-0.05, 0) is 56.8 Å². The van der Waals surface area contributed by atoms with Crippen LogP contribution < -0.4 is 0 Å². The molecular formula is C26H34F2O11S. The summed E-state index contributed by atoms with van der Waals surface area (Å²) in [6.07, 6.45) is -1.08. The highest BCUT2D eigenvalue weighted by atomic mass is 32.2. The van der Waals surface area contributed by atoms with E-state index in [4.69, 9.17) is 18.8 Å². The molecule has 0 aromatic rings. The molecule has 0 aromatic heterocycles. The molecule has 40 heavy (non-hydrogen) atoms. The van der Waals surface area contributed by atoms with Crippen molar-refractivity contribution < 1.29 is 59.9 Å². The van der Waals surface area contributed by atoms with Crippen molar-refractivity contribution in [2.24, 2.45) is 41.4 Å². The number of ether oxygens (including phenoxy) is 4. The zero-order valence-electron chi connectivity index (χ0n) is 22.4. The standard InChI is InChI=1S/C26H34F2O11S/c1-11(2)25(10-13-4-5-14(25)8-13)39-24(32)20-16-9-15-19(20)23(31)38-22(15)21(16)37-18(30)7-6-17(29)36-12(3)26(27,28)40(33,34)35/h11-16,19-22H,4-10H2,1-3H3,(H,33,34,35). The van der Waals surface area contributed by atoms with Crippen LogP contribution in [0.15, 0.2) is 0 Å². The van der Waals surface area contributed by atoms with Crippen LogP contribution in [0.4, 0.5) is 8.78 Å². The molecule has 11 nitrogen and oxygen atoms in total. The quantitative estimate of drug-likeness (QED) is 0.226. The minimum Gasteiger partial charge on any atom is -0.458 e. The predicted molar refractivity (Wildman–Crippen MR) is 129 cm³/mol. The van der Waals surface area contributed by atoms with E-state index in [9.17, 15) is 36.4 Å². The topological polar surface area (TPSA) is 160 Å². The molecule has 224 valence electrons. The summed E-state index contributed by atoms with van der Waals surface area (Å²) in [5.41, 5.74) is -0.584. The summed E-state index contributed by atoms with van der Waals surface area (Å²) in [6, 6.07) is 0. The van der Waals surface area contributed by atoms with E-state index in [0.717, 1.165) is 25.7 Å². The van der Waals surface area contributed by atoms with E-state index in [1.165, 1.54) is 0 Å². The third-order valence-corrected chi connectivity index (χ3v) is 10.9. The molecule has 1 saturated heterocycles. The molecule has 0 amide bonds. The SMILES string of the molecule is CC(C)C1(OC(=O)C2C3CC4C(OC(=O)C42)C3OC(=O)CCC(=O)OC(C)C(F)(F)S(=O)(=O)O)CC2CCC1C2. The first-order chi connectivity index (χ1) is 18.6.